The highest BCUT2D eigenvalue weighted by Gasteiger charge is 2.53. The predicted octanol–water partition coefficient (Wildman–Crippen LogP) is 5.86. The summed E-state index contributed by atoms with van der Waals surface area (Å²) < 4.78 is 31.7. The van der Waals surface area contributed by atoms with Gasteiger partial charge in [-0.25, -0.2) is 8.42 Å². The summed E-state index contributed by atoms with van der Waals surface area (Å²) in [5.74, 6) is 0.497. The maximum absolute atomic E-state index is 12.9. The van der Waals surface area contributed by atoms with E-state index in [-0.39, 0.29) is 23.9 Å². The Morgan fingerprint density at radius 3 is 2.11 bits per heavy atom. The van der Waals surface area contributed by atoms with Gasteiger partial charge in [-0.05, 0) is 93.1 Å². The fraction of sp³-hybridized carbons (Fsp3) is 0.444. The molecule has 8 heteroatoms. The molecule has 2 aliphatic heterocycles. The van der Waals surface area contributed by atoms with Crippen LogP contribution in [0.15, 0.2) is 94.7 Å². The Kier molecular flexibility index (Phi) is 8.80. The van der Waals surface area contributed by atoms with Crippen molar-refractivity contribution in [2.24, 2.45) is 17.8 Å². The van der Waals surface area contributed by atoms with Crippen LogP contribution in [0.5, 0.6) is 0 Å². The molecule has 6 rings (SSSR count). The van der Waals surface area contributed by atoms with E-state index in [9.17, 15) is 18.5 Å². The zero-order chi connectivity index (χ0) is 30.7. The molecule has 1 aliphatic carbocycles. The second-order valence-electron chi connectivity index (χ2n) is 12.7. The van der Waals surface area contributed by atoms with Crippen LogP contribution in [0.2, 0.25) is 0 Å². The van der Waals surface area contributed by atoms with Gasteiger partial charge in [0, 0.05) is 44.1 Å². The number of hydrogen-bond acceptors (Lipinski definition) is 7. The molecule has 1 saturated carbocycles. The standard InChI is InChI=1S/C36H41N3O4S/c1-27(40)43-35-14-8-13-34(35)36(26-37,29-9-4-2-5-10-29)30-19-21-38(22-20-30)23-28-24-39(25-28)31-15-17-33(18-16-31)44(41,42)32-11-6-3-7-12-32/h2-7,9-12,15-18,28,30,34-35H,8,13-14,19-25H2,1H3/t34-,35-,36?/m1/s1. The van der Waals surface area contributed by atoms with Gasteiger partial charge in [0.05, 0.1) is 21.3 Å². The molecule has 1 unspecified atom stereocenters. The maximum Gasteiger partial charge on any atom is 0.302 e. The third kappa shape index (κ3) is 5.88. The van der Waals surface area contributed by atoms with Crippen molar-refractivity contribution in [3.63, 3.8) is 0 Å². The van der Waals surface area contributed by atoms with E-state index in [4.69, 9.17) is 4.74 Å². The van der Waals surface area contributed by atoms with Gasteiger partial charge in [-0.1, -0.05) is 48.5 Å². The summed E-state index contributed by atoms with van der Waals surface area (Å²) >= 11 is 0. The lowest BCUT2D eigenvalue weighted by Gasteiger charge is -2.48. The van der Waals surface area contributed by atoms with Crippen molar-refractivity contribution < 1.29 is 17.9 Å². The van der Waals surface area contributed by atoms with Gasteiger partial charge >= 0.3 is 5.97 Å². The van der Waals surface area contributed by atoms with Crippen LogP contribution in [0.4, 0.5) is 5.69 Å². The van der Waals surface area contributed by atoms with Gasteiger partial charge in [-0.2, -0.15) is 5.26 Å². The van der Waals surface area contributed by atoms with Crippen LogP contribution >= 0.6 is 0 Å². The molecule has 44 heavy (non-hydrogen) atoms. The Hall–Kier alpha value is -3.67. The molecule has 2 heterocycles. The third-order valence-corrected chi connectivity index (χ3v) is 11.8. The number of hydrogen-bond donors (Lipinski definition) is 0. The number of rotatable bonds is 9. The minimum absolute atomic E-state index is 0.00427. The molecule has 3 aromatic rings. The molecule has 3 fully saturated rings. The van der Waals surface area contributed by atoms with E-state index in [1.54, 1.807) is 36.4 Å². The molecule has 0 amide bonds. The minimum Gasteiger partial charge on any atom is -0.462 e. The second kappa shape index (κ2) is 12.7. The van der Waals surface area contributed by atoms with E-state index in [2.05, 4.69) is 28.0 Å². The van der Waals surface area contributed by atoms with Gasteiger partial charge in [0.15, 0.2) is 0 Å². The summed E-state index contributed by atoms with van der Waals surface area (Å²) in [5.41, 5.74) is 1.44. The molecule has 0 aromatic heterocycles. The third-order valence-electron chi connectivity index (χ3n) is 10.1. The highest BCUT2D eigenvalue weighted by molar-refractivity contribution is 7.91. The first-order chi connectivity index (χ1) is 21.3. The van der Waals surface area contributed by atoms with E-state index < -0.39 is 15.3 Å². The fourth-order valence-corrected chi connectivity index (χ4v) is 9.19. The average Bonchev–Trinajstić information content (AvgIpc) is 3.49. The number of nitriles is 1. The van der Waals surface area contributed by atoms with Crippen molar-refractivity contribution in [2.75, 3.05) is 37.6 Å². The summed E-state index contributed by atoms with van der Waals surface area (Å²) in [5, 5.41) is 10.9. The summed E-state index contributed by atoms with van der Waals surface area (Å²) in [4.78, 5) is 17.4. The molecule has 3 aromatic carbocycles. The lowest BCUT2D eigenvalue weighted by Crippen LogP contribution is -2.54. The van der Waals surface area contributed by atoms with Crippen molar-refractivity contribution in [3.05, 3.63) is 90.5 Å². The van der Waals surface area contributed by atoms with Crippen LogP contribution in [0.1, 0.15) is 44.6 Å². The highest BCUT2D eigenvalue weighted by atomic mass is 32.2. The average molecular weight is 612 g/mol. The number of ether oxygens (including phenoxy) is 1. The Labute approximate surface area is 261 Å². The van der Waals surface area contributed by atoms with Crippen LogP contribution in [0.3, 0.4) is 0 Å². The molecule has 0 spiro atoms. The smallest absolute Gasteiger partial charge is 0.302 e. The SMILES string of the molecule is CC(=O)O[C@@H]1CCC[C@H]1C(C#N)(c1ccccc1)C1CCN(CC2CN(c3ccc(S(=O)(=O)c4ccccc4)cc3)C2)CC1. The number of benzene rings is 3. The number of nitrogens with zero attached hydrogens (tertiary/aromatic N) is 3. The number of piperidine rings is 1. The molecule has 3 aliphatic rings. The van der Waals surface area contributed by atoms with E-state index in [1.807, 2.05) is 36.4 Å². The quantitative estimate of drug-likeness (QED) is 0.280. The lowest BCUT2D eigenvalue weighted by molar-refractivity contribution is -0.149. The Bertz CT molecular complexity index is 1580. The van der Waals surface area contributed by atoms with Crippen molar-refractivity contribution >= 4 is 21.5 Å². The number of esters is 1. The van der Waals surface area contributed by atoms with Crippen LogP contribution in [0, 0.1) is 29.1 Å². The molecular weight excluding hydrogens is 570 g/mol. The number of anilines is 1. The Balaban J connectivity index is 1.06. The monoisotopic (exact) mass is 611 g/mol. The van der Waals surface area contributed by atoms with E-state index in [0.29, 0.717) is 15.7 Å². The summed E-state index contributed by atoms with van der Waals surface area (Å²) in [6.07, 6.45) is 4.38. The fourth-order valence-electron chi connectivity index (χ4n) is 7.91. The van der Waals surface area contributed by atoms with Gasteiger partial charge in [0.1, 0.15) is 6.10 Å². The van der Waals surface area contributed by atoms with Crippen LogP contribution in [-0.4, -0.2) is 58.1 Å². The zero-order valence-electron chi connectivity index (χ0n) is 25.3. The molecule has 0 radical (unpaired) electrons. The van der Waals surface area contributed by atoms with Crippen molar-refractivity contribution in [1.82, 2.24) is 4.90 Å². The molecule has 0 bridgehead atoms. The van der Waals surface area contributed by atoms with E-state index >= 15 is 0 Å². The number of carbonyl (C=O) groups excluding carboxylic acids is 1. The number of carbonyl (C=O) groups is 1. The van der Waals surface area contributed by atoms with Crippen LogP contribution in [0.25, 0.3) is 0 Å². The van der Waals surface area contributed by atoms with Crippen molar-refractivity contribution in [3.8, 4) is 6.07 Å². The van der Waals surface area contributed by atoms with Gasteiger partial charge in [0.25, 0.3) is 0 Å². The molecule has 0 N–H and O–H groups in total. The van der Waals surface area contributed by atoms with E-state index in [1.165, 1.54) is 6.92 Å². The van der Waals surface area contributed by atoms with E-state index in [0.717, 1.165) is 76.1 Å². The zero-order valence-corrected chi connectivity index (χ0v) is 26.2. The molecular formula is C36H41N3O4S. The maximum atomic E-state index is 12.9. The normalized spacial score (nSPS) is 23.0. The minimum atomic E-state index is -3.52. The first kappa shape index (κ1) is 30.4. The van der Waals surface area contributed by atoms with Crippen LogP contribution < -0.4 is 4.90 Å². The molecule has 230 valence electrons. The first-order valence-corrected chi connectivity index (χ1v) is 17.3. The van der Waals surface area contributed by atoms with Gasteiger partial charge < -0.3 is 14.5 Å². The number of likely N-dealkylation sites (tertiary alicyclic amines) is 1. The van der Waals surface area contributed by atoms with Crippen molar-refractivity contribution in [2.45, 2.75) is 60.3 Å². The Morgan fingerprint density at radius 2 is 1.50 bits per heavy atom. The summed E-state index contributed by atoms with van der Waals surface area (Å²) in [6.45, 7) is 6.29. The predicted molar refractivity (Wildman–Crippen MR) is 170 cm³/mol. The largest absolute Gasteiger partial charge is 0.462 e. The lowest BCUT2D eigenvalue weighted by atomic mass is 9.59. The highest BCUT2D eigenvalue weighted by Crippen LogP contribution is 2.51. The second-order valence-corrected chi connectivity index (χ2v) is 14.6. The topological polar surface area (TPSA) is 90.7 Å². The van der Waals surface area contributed by atoms with Crippen LogP contribution in [-0.2, 0) is 24.8 Å². The first-order valence-electron chi connectivity index (χ1n) is 15.8. The van der Waals surface area contributed by atoms with Gasteiger partial charge in [-0.3, -0.25) is 4.79 Å². The summed E-state index contributed by atoms with van der Waals surface area (Å²) in [6, 6.07) is 28.8. The van der Waals surface area contributed by atoms with Gasteiger partial charge in [-0.15, -0.1) is 0 Å². The number of sulfone groups is 1. The Morgan fingerprint density at radius 1 is 0.886 bits per heavy atom. The molecule has 7 nitrogen and oxygen atoms in total. The molecule has 2 saturated heterocycles. The van der Waals surface area contributed by atoms with Crippen molar-refractivity contribution in [1.29, 1.82) is 5.26 Å². The summed E-state index contributed by atoms with van der Waals surface area (Å²) in [7, 11) is -3.52. The van der Waals surface area contributed by atoms with Gasteiger partial charge in [0.2, 0.25) is 9.84 Å². The molecule has 3 atom stereocenters.